The number of halogens is 1. The maximum atomic E-state index is 3.86. The van der Waals surface area contributed by atoms with Crippen molar-refractivity contribution in [2.75, 3.05) is 0 Å². The van der Waals surface area contributed by atoms with Crippen molar-refractivity contribution < 1.29 is 0 Å². The van der Waals surface area contributed by atoms with Gasteiger partial charge in [0.15, 0.2) is 0 Å². The van der Waals surface area contributed by atoms with Crippen LogP contribution in [0.4, 0.5) is 0 Å². The lowest BCUT2D eigenvalue weighted by Gasteiger charge is -2.04. The quantitative estimate of drug-likeness (QED) is 0.481. The smallest absolute Gasteiger partial charge is 0.00901 e. The molecule has 0 saturated heterocycles. The van der Waals surface area contributed by atoms with Crippen molar-refractivity contribution in [2.24, 2.45) is 0 Å². The van der Waals surface area contributed by atoms with E-state index in [0.717, 1.165) is 12.8 Å². The van der Waals surface area contributed by atoms with Crippen LogP contribution in [-0.2, 0) is 0 Å². The molecule has 1 aliphatic carbocycles. The second-order valence-corrected chi connectivity index (χ2v) is 3.35. The van der Waals surface area contributed by atoms with Crippen molar-refractivity contribution in [3.8, 4) is 0 Å². The molecule has 0 heterocycles. The van der Waals surface area contributed by atoms with Crippen LogP contribution in [0, 0.1) is 0 Å². The van der Waals surface area contributed by atoms with Crippen molar-refractivity contribution in [1.82, 2.24) is 0 Å². The van der Waals surface area contributed by atoms with Crippen molar-refractivity contribution in [3.05, 3.63) is 34.0 Å². The van der Waals surface area contributed by atoms with Gasteiger partial charge in [0.1, 0.15) is 0 Å². The van der Waals surface area contributed by atoms with Crippen LogP contribution in [0.5, 0.6) is 0 Å². The van der Waals surface area contributed by atoms with Gasteiger partial charge in [0.25, 0.3) is 0 Å². The van der Waals surface area contributed by atoms with Crippen molar-refractivity contribution in [3.63, 3.8) is 0 Å². The van der Waals surface area contributed by atoms with Gasteiger partial charge in [0.05, 0.1) is 0 Å². The molecule has 9 heavy (non-hydrogen) atoms. The maximum Gasteiger partial charge on any atom is 0.00901 e. The molecular formula is C8H9I. The van der Waals surface area contributed by atoms with Crippen LogP contribution in [-0.4, -0.2) is 0 Å². The minimum atomic E-state index is 1.07. The molecule has 0 aromatic heterocycles. The van der Waals surface area contributed by atoms with Crippen LogP contribution < -0.4 is 0 Å². The Morgan fingerprint density at radius 1 is 1.56 bits per heavy atom. The Kier molecular flexibility index (Phi) is 2.51. The molecule has 0 radical (unpaired) electrons. The summed E-state index contributed by atoms with van der Waals surface area (Å²) in [5.74, 6) is 0. The molecule has 0 nitrogen and oxygen atoms in total. The van der Waals surface area contributed by atoms with Crippen molar-refractivity contribution in [1.29, 1.82) is 0 Å². The minimum Gasteiger partial charge on any atom is -0.0853 e. The highest BCUT2D eigenvalue weighted by Crippen LogP contribution is 2.22. The third kappa shape index (κ3) is 1.97. The van der Waals surface area contributed by atoms with E-state index in [-0.39, 0.29) is 0 Å². The van der Waals surface area contributed by atoms with Gasteiger partial charge in [-0.05, 0) is 41.0 Å². The second kappa shape index (κ2) is 3.20. The number of allylic oxidation sites excluding steroid dienone is 5. The summed E-state index contributed by atoms with van der Waals surface area (Å²) in [6.07, 6.45) is 8.76. The molecule has 0 unspecified atom stereocenters. The zero-order chi connectivity index (χ0) is 6.69. The summed E-state index contributed by atoms with van der Waals surface area (Å²) in [5.41, 5.74) is 1.39. The highest BCUT2D eigenvalue weighted by Gasteiger charge is 1.98. The third-order valence-electron chi connectivity index (χ3n) is 1.35. The van der Waals surface area contributed by atoms with Gasteiger partial charge in [-0.3, -0.25) is 0 Å². The lowest BCUT2D eigenvalue weighted by molar-refractivity contribution is 1.16. The molecule has 0 saturated carbocycles. The molecule has 48 valence electrons. The average Bonchev–Trinajstić information content (AvgIpc) is 1.90. The molecular weight excluding hydrogens is 223 g/mol. The summed E-state index contributed by atoms with van der Waals surface area (Å²) >= 11 is 2.27. The Morgan fingerprint density at radius 3 is 2.67 bits per heavy atom. The SMILES string of the molecule is C=C(I)C1=CCC=CC1. The fraction of sp³-hybridized carbons (Fsp3) is 0.250. The molecule has 1 rings (SSSR count). The summed E-state index contributed by atoms with van der Waals surface area (Å²) in [7, 11) is 0. The van der Waals surface area contributed by atoms with Crippen LogP contribution in [0.3, 0.4) is 0 Å². The van der Waals surface area contributed by atoms with E-state index in [1.807, 2.05) is 0 Å². The lowest BCUT2D eigenvalue weighted by atomic mass is 10.1. The summed E-state index contributed by atoms with van der Waals surface area (Å²) in [6.45, 7) is 3.86. The van der Waals surface area contributed by atoms with E-state index in [1.54, 1.807) is 0 Å². The summed E-state index contributed by atoms with van der Waals surface area (Å²) in [6, 6.07) is 0. The van der Waals surface area contributed by atoms with E-state index in [4.69, 9.17) is 0 Å². The van der Waals surface area contributed by atoms with E-state index in [9.17, 15) is 0 Å². The largest absolute Gasteiger partial charge is 0.0853 e. The van der Waals surface area contributed by atoms with Crippen LogP contribution in [0.2, 0.25) is 0 Å². The molecule has 0 N–H and O–H groups in total. The molecule has 0 amide bonds. The molecule has 0 aromatic carbocycles. The van der Waals surface area contributed by atoms with Crippen molar-refractivity contribution in [2.45, 2.75) is 12.8 Å². The Hall–Kier alpha value is -0.0500. The molecule has 0 aliphatic heterocycles. The maximum absolute atomic E-state index is 3.86. The standard InChI is InChI=1S/C8H9I/c1-7(9)8-5-3-2-4-6-8/h2-3,6H,1,4-5H2. The van der Waals surface area contributed by atoms with Gasteiger partial charge in [0.2, 0.25) is 0 Å². The van der Waals surface area contributed by atoms with Gasteiger partial charge >= 0.3 is 0 Å². The van der Waals surface area contributed by atoms with Gasteiger partial charge in [-0.2, -0.15) is 0 Å². The van der Waals surface area contributed by atoms with Gasteiger partial charge in [-0.15, -0.1) is 0 Å². The van der Waals surface area contributed by atoms with E-state index in [0.29, 0.717) is 0 Å². The molecule has 0 spiro atoms. The Bertz CT molecular complexity index is 175. The minimum absolute atomic E-state index is 1.07. The predicted octanol–water partition coefficient (Wildman–Crippen LogP) is 3.21. The van der Waals surface area contributed by atoms with E-state index < -0.39 is 0 Å². The Morgan fingerprint density at radius 2 is 2.33 bits per heavy atom. The Labute approximate surface area is 69.5 Å². The zero-order valence-electron chi connectivity index (χ0n) is 5.23. The number of hydrogen-bond donors (Lipinski definition) is 0. The Balaban J connectivity index is 2.61. The molecule has 1 aliphatic rings. The van der Waals surface area contributed by atoms with Gasteiger partial charge in [0, 0.05) is 3.58 Å². The van der Waals surface area contributed by atoms with E-state index in [1.165, 1.54) is 9.15 Å². The fourth-order valence-electron chi connectivity index (χ4n) is 0.822. The number of rotatable bonds is 1. The molecule has 0 aromatic rings. The average molecular weight is 232 g/mol. The van der Waals surface area contributed by atoms with E-state index in [2.05, 4.69) is 47.4 Å². The predicted molar refractivity (Wildman–Crippen MR) is 49.6 cm³/mol. The first-order valence-electron chi connectivity index (χ1n) is 2.99. The monoisotopic (exact) mass is 232 g/mol. The normalized spacial score (nSPS) is 17.2. The van der Waals surface area contributed by atoms with Crippen molar-refractivity contribution >= 4 is 22.6 Å². The molecule has 1 heteroatoms. The first-order valence-corrected chi connectivity index (χ1v) is 4.07. The summed E-state index contributed by atoms with van der Waals surface area (Å²) in [4.78, 5) is 0. The first kappa shape index (κ1) is 7.06. The summed E-state index contributed by atoms with van der Waals surface area (Å²) < 4.78 is 1.18. The van der Waals surface area contributed by atoms with Gasteiger partial charge in [-0.25, -0.2) is 0 Å². The number of hydrogen-bond acceptors (Lipinski definition) is 0. The second-order valence-electron chi connectivity index (χ2n) is 2.05. The lowest BCUT2D eigenvalue weighted by Crippen LogP contribution is -1.83. The topological polar surface area (TPSA) is 0 Å². The van der Waals surface area contributed by atoms with Gasteiger partial charge < -0.3 is 0 Å². The van der Waals surface area contributed by atoms with Crippen LogP contribution in [0.25, 0.3) is 0 Å². The third-order valence-corrected chi connectivity index (χ3v) is 2.05. The molecule has 0 atom stereocenters. The van der Waals surface area contributed by atoms with Crippen LogP contribution >= 0.6 is 22.6 Å². The van der Waals surface area contributed by atoms with Gasteiger partial charge in [-0.1, -0.05) is 24.8 Å². The van der Waals surface area contributed by atoms with E-state index >= 15 is 0 Å². The highest BCUT2D eigenvalue weighted by molar-refractivity contribution is 14.1. The fourth-order valence-corrected chi connectivity index (χ4v) is 1.26. The zero-order valence-corrected chi connectivity index (χ0v) is 7.39. The first-order chi connectivity index (χ1) is 4.30. The highest BCUT2D eigenvalue weighted by atomic mass is 127. The molecule has 0 fully saturated rings. The molecule has 0 bridgehead atoms. The van der Waals surface area contributed by atoms with Crippen LogP contribution in [0.1, 0.15) is 12.8 Å². The summed E-state index contributed by atoms with van der Waals surface area (Å²) in [5, 5.41) is 0. The van der Waals surface area contributed by atoms with Crippen LogP contribution in [0.15, 0.2) is 34.0 Å².